The molecule has 1 aliphatic heterocycles. The number of aliphatic hydroxyl groups excluding tert-OH is 1. The van der Waals surface area contributed by atoms with Crippen molar-refractivity contribution >= 4 is 23.5 Å². The molecule has 1 nitrogen and oxygen atoms in total. The molecule has 1 heterocycles. The maximum atomic E-state index is 9.97. The van der Waals surface area contributed by atoms with Gasteiger partial charge in [-0.1, -0.05) is 6.92 Å². The van der Waals surface area contributed by atoms with Crippen LogP contribution < -0.4 is 0 Å². The van der Waals surface area contributed by atoms with Crippen molar-refractivity contribution in [3.05, 3.63) is 0 Å². The van der Waals surface area contributed by atoms with E-state index >= 15 is 0 Å². The summed E-state index contributed by atoms with van der Waals surface area (Å²) in [5.41, 5.74) is 0. The molecule has 3 heteroatoms. The zero-order valence-electron chi connectivity index (χ0n) is 8.61. The molecule has 0 aromatic rings. The minimum absolute atomic E-state index is 0.170. The van der Waals surface area contributed by atoms with Gasteiger partial charge in [0.05, 0.1) is 6.10 Å². The van der Waals surface area contributed by atoms with Crippen molar-refractivity contribution in [1.29, 1.82) is 0 Å². The Labute approximate surface area is 95.4 Å². The van der Waals surface area contributed by atoms with Gasteiger partial charge in [0.2, 0.25) is 0 Å². The molecule has 3 unspecified atom stereocenters. The first-order valence-corrected chi connectivity index (χ1v) is 7.20. The largest absolute Gasteiger partial charge is 0.392 e. The minimum atomic E-state index is -0.170. The number of aliphatic hydroxyl groups is 1. The predicted molar refractivity (Wildman–Crippen MR) is 66.9 cm³/mol. The third kappa shape index (κ3) is 3.76. The highest BCUT2D eigenvalue weighted by molar-refractivity contribution is 8.07. The van der Waals surface area contributed by atoms with Gasteiger partial charge in [0.15, 0.2) is 0 Å². The molecule has 14 heavy (non-hydrogen) atoms. The standard InChI is InChI=1S/C11H18OS2/c1-3-4-5-6-10(12)11-9(2)13-7-8-14-11/h1,9-12H,4-8H2,2H3. The van der Waals surface area contributed by atoms with E-state index in [1.54, 1.807) is 0 Å². The molecule has 80 valence electrons. The van der Waals surface area contributed by atoms with Crippen molar-refractivity contribution in [3.8, 4) is 12.3 Å². The summed E-state index contributed by atoms with van der Waals surface area (Å²) in [5.74, 6) is 5.01. The van der Waals surface area contributed by atoms with Gasteiger partial charge in [-0.15, -0.1) is 12.3 Å². The maximum Gasteiger partial charge on any atom is 0.0669 e. The first-order valence-electron chi connectivity index (χ1n) is 5.10. The molecule has 0 bridgehead atoms. The van der Waals surface area contributed by atoms with Crippen molar-refractivity contribution in [1.82, 2.24) is 0 Å². The molecule has 1 N–H and O–H groups in total. The molecule has 1 rings (SSSR count). The first-order chi connectivity index (χ1) is 6.75. The average Bonchev–Trinajstić information content (AvgIpc) is 2.18. The summed E-state index contributed by atoms with van der Waals surface area (Å²) in [6, 6.07) is 0. The van der Waals surface area contributed by atoms with Gasteiger partial charge >= 0.3 is 0 Å². The monoisotopic (exact) mass is 230 g/mol. The molecular weight excluding hydrogens is 212 g/mol. The molecule has 0 aromatic carbocycles. The van der Waals surface area contributed by atoms with Crippen LogP contribution >= 0.6 is 23.5 Å². The lowest BCUT2D eigenvalue weighted by Crippen LogP contribution is -2.34. The molecule has 0 aromatic heterocycles. The molecule has 1 fully saturated rings. The quantitative estimate of drug-likeness (QED) is 0.591. The van der Waals surface area contributed by atoms with Gasteiger partial charge in [0.25, 0.3) is 0 Å². The van der Waals surface area contributed by atoms with Gasteiger partial charge in [0.1, 0.15) is 0 Å². The number of rotatable bonds is 4. The molecular formula is C11H18OS2. The first kappa shape index (κ1) is 12.3. The average molecular weight is 230 g/mol. The summed E-state index contributed by atoms with van der Waals surface area (Å²) in [5, 5.41) is 11.0. The van der Waals surface area contributed by atoms with Gasteiger partial charge < -0.3 is 5.11 Å². The summed E-state index contributed by atoms with van der Waals surface area (Å²) in [6.07, 6.45) is 7.60. The van der Waals surface area contributed by atoms with Crippen LogP contribution in [-0.2, 0) is 0 Å². The Morgan fingerprint density at radius 1 is 1.50 bits per heavy atom. The van der Waals surface area contributed by atoms with Gasteiger partial charge in [-0.3, -0.25) is 0 Å². The molecule has 1 saturated heterocycles. The number of terminal acetylenes is 1. The van der Waals surface area contributed by atoms with Gasteiger partial charge in [-0.25, -0.2) is 0 Å². The van der Waals surface area contributed by atoms with Crippen molar-refractivity contribution < 1.29 is 5.11 Å². The Morgan fingerprint density at radius 2 is 2.21 bits per heavy atom. The lowest BCUT2D eigenvalue weighted by molar-refractivity contribution is 0.159. The maximum absolute atomic E-state index is 9.97. The van der Waals surface area contributed by atoms with Gasteiger partial charge in [0, 0.05) is 28.4 Å². The van der Waals surface area contributed by atoms with E-state index in [-0.39, 0.29) is 6.10 Å². The topological polar surface area (TPSA) is 20.2 Å². The molecule has 0 saturated carbocycles. The molecule has 0 amide bonds. The van der Waals surface area contributed by atoms with Crippen LogP contribution in [0.1, 0.15) is 26.2 Å². The molecule has 3 atom stereocenters. The van der Waals surface area contributed by atoms with Gasteiger partial charge in [-0.2, -0.15) is 23.5 Å². The van der Waals surface area contributed by atoms with Crippen molar-refractivity contribution in [2.24, 2.45) is 0 Å². The molecule has 0 aliphatic carbocycles. The van der Waals surface area contributed by atoms with Crippen LogP contribution in [0.3, 0.4) is 0 Å². The van der Waals surface area contributed by atoms with Crippen LogP contribution in [0.25, 0.3) is 0 Å². The Hall–Kier alpha value is 0.220. The van der Waals surface area contributed by atoms with Crippen LogP contribution in [0.4, 0.5) is 0 Å². The van der Waals surface area contributed by atoms with Crippen molar-refractivity contribution in [3.63, 3.8) is 0 Å². The second-order valence-electron chi connectivity index (χ2n) is 3.58. The molecule has 0 radical (unpaired) electrons. The third-order valence-corrected chi connectivity index (χ3v) is 5.67. The molecule has 0 spiro atoms. The van der Waals surface area contributed by atoms with E-state index in [2.05, 4.69) is 12.8 Å². The zero-order valence-corrected chi connectivity index (χ0v) is 10.2. The Kier molecular flexibility index (Phi) is 5.84. The van der Waals surface area contributed by atoms with E-state index in [4.69, 9.17) is 6.42 Å². The van der Waals surface area contributed by atoms with Crippen LogP contribution in [0.2, 0.25) is 0 Å². The third-order valence-electron chi connectivity index (χ3n) is 2.44. The minimum Gasteiger partial charge on any atom is -0.392 e. The highest BCUT2D eigenvalue weighted by Crippen LogP contribution is 2.34. The zero-order chi connectivity index (χ0) is 10.4. The van der Waals surface area contributed by atoms with Crippen LogP contribution in [-0.4, -0.2) is 33.2 Å². The fraction of sp³-hybridized carbons (Fsp3) is 0.818. The SMILES string of the molecule is C#CCCCC(O)C1SCCSC1C. The normalized spacial score (nSPS) is 29.5. The van der Waals surface area contributed by atoms with Crippen LogP contribution in [0.5, 0.6) is 0 Å². The van der Waals surface area contributed by atoms with Crippen LogP contribution in [0.15, 0.2) is 0 Å². The van der Waals surface area contributed by atoms with E-state index in [9.17, 15) is 5.11 Å². The van der Waals surface area contributed by atoms with E-state index < -0.39 is 0 Å². The number of hydrogen-bond donors (Lipinski definition) is 1. The van der Waals surface area contributed by atoms with E-state index in [0.717, 1.165) is 19.3 Å². The summed E-state index contributed by atoms with van der Waals surface area (Å²) < 4.78 is 0. The van der Waals surface area contributed by atoms with Gasteiger partial charge in [-0.05, 0) is 12.8 Å². The second-order valence-corrected chi connectivity index (χ2v) is 6.35. The number of unbranched alkanes of at least 4 members (excludes halogenated alkanes) is 1. The highest BCUT2D eigenvalue weighted by atomic mass is 32.2. The summed E-state index contributed by atoms with van der Waals surface area (Å²) in [6.45, 7) is 2.21. The van der Waals surface area contributed by atoms with E-state index in [1.165, 1.54) is 11.5 Å². The van der Waals surface area contributed by atoms with Crippen LogP contribution in [0, 0.1) is 12.3 Å². The van der Waals surface area contributed by atoms with E-state index in [0.29, 0.717) is 10.5 Å². The Morgan fingerprint density at radius 3 is 2.86 bits per heavy atom. The smallest absolute Gasteiger partial charge is 0.0669 e. The van der Waals surface area contributed by atoms with Crippen molar-refractivity contribution in [2.75, 3.05) is 11.5 Å². The lowest BCUT2D eigenvalue weighted by Gasteiger charge is -2.31. The number of hydrogen-bond acceptors (Lipinski definition) is 3. The Balaban J connectivity index is 2.27. The lowest BCUT2D eigenvalue weighted by atomic mass is 10.1. The second kappa shape index (κ2) is 6.66. The predicted octanol–water partition coefficient (Wildman–Crippen LogP) is 2.39. The fourth-order valence-electron chi connectivity index (χ4n) is 1.65. The van der Waals surface area contributed by atoms with E-state index in [1.807, 2.05) is 23.5 Å². The highest BCUT2D eigenvalue weighted by Gasteiger charge is 2.28. The number of thioether (sulfide) groups is 2. The summed E-state index contributed by atoms with van der Waals surface area (Å²) in [4.78, 5) is 0. The Bertz CT molecular complexity index is 200. The fourth-order valence-corrected chi connectivity index (χ4v) is 4.54. The summed E-state index contributed by atoms with van der Waals surface area (Å²) in [7, 11) is 0. The van der Waals surface area contributed by atoms with Crippen molar-refractivity contribution in [2.45, 2.75) is 42.8 Å². The molecule has 1 aliphatic rings. The summed E-state index contributed by atoms with van der Waals surface area (Å²) >= 11 is 3.89.